The molecule has 2 atom stereocenters. The molecule has 102 valence electrons. The number of benzene rings is 2. The van der Waals surface area contributed by atoms with Crippen LogP contribution >= 0.6 is 0 Å². The first kappa shape index (κ1) is 12.0. The average molecular weight is 265 g/mol. The minimum absolute atomic E-state index is 0.608. The first-order chi connectivity index (χ1) is 9.93. The number of hydrogen-bond acceptors (Lipinski definition) is 2. The van der Waals surface area contributed by atoms with Crippen molar-refractivity contribution in [2.24, 2.45) is 5.92 Å². The highest BCUT2D eigenvalue weighted by molar-refractivity contribution is 5.72. The predicted octanol–water partition coefficient (Wildman–Crippen LogP) is 3.44. The minimum atomic E-state index is 0.608. The Bertz CT molecular complexity index is 608. The molecule has 0 saturated carbocycles. The van der Waals surface area contributed by atoms with E-state index in [-0.39, 0.29) is 0 Å². The summed E-state index contributed by atoms with van der Waals surface area (Å²) in [5.41, 5.74) is 3.86. The van der Waals surface area contributed by atoms with E-state index >= 15 is 0 Å². The number of para-hydroxylation sites is 1. The molecule has 2 heterocycles. The molecule has 4 rings (SSSR count). The summed E-state index contributed by atoms with van der Waals surface area (Å²) in [4.78, 5) is 0. The third kappa shape index (κ3) is 1.92. The van der Waals surface area contributed by atoms with Gasteiger partial charge in [-0.1, -0.05) is 48.5 Å². The maximum Gasteiger partial charge on any atom is 0.130 e. The molecule has 1 N–H and O–H groups in total. The maximum atomic E-state index is 6.14. The first-order valence-corrected chi connectivity index (χ1v) is 7.45. The molecule has 0 aromatic heterocycles. The molecule has 20 heavy (non-hydrogen) atoms. The van der Waals surface area contributed by atoms with Gasteiger partial charge in [0.15, 0.2) is 0 Å². The number of fused-ring (bicyclic) bond motifs is 3. The van der Waals surface area contributed by atoms with E-state index in [2.05, 4.69) is 53.8 Å². The van der Waals surface area contributed by atoms with Gasteiger partial charge in [0.2, 0.25) is 0 Å². The Hall–Kier alpha value is -1.80. The molecule has 0 aliphatic carbocycles. The van der Waals surface area contributed by atoms with Crippen LogP contribution in [0.1, 0.15) is 17.9 Å². The molecule has 2 nitrogen and oxygen atoms in total. The quantitative estimate of drug-likeness (QED) is 0.853. The lowest BCUT2D eigenvalue weighted by Crippen LogP contribution is -2.11. The van der Waals surface area contributed by atoms with Gasteiger partial charge in [0, 0.05) is 18.0 Å². The fourth-order valence-corrected chi connectivity index (χ4v) is 3.57. The Morgan fingerprint density at radius 1 is 0.950 bits per heavy atom. The molecule has 2 aliphatic rings. The predicted molar refractivity (Wildman–Crippen MR) is 81.1 cm³/mol. The van der Waals surface area contributed by atoms with Crippen LogP contribution in [0.5, 0.6) is 5.75 Å². The number of hydrogen-bond donors (Lipinski definition) is 1. The highest BCUT2D eigenvalue weighted by Crippen LogP contribution is 2.43. The third-order valence-corrected chi connectivity index (χ3v) is 4.60. The second-order valence-corrected chi connectivity index (χ2v) is 5.75. The second kappa shape index (κ2) is 4.95. The standard InChI is InChI=1S/C18H19NO/c1-2-5-13(6-3-1)15-7-4-8-16-17-12-19-11-14(17)9-10-20-18(15)16/h1-8,14,17,19H,9-12H2. The van der Waals surface area contributed by atoms with Crippen LogP contribution in [0.3, 0.4) is 0 Å². The highest BCUT2D eigenvalue weighted by Gasteiger charge is 2.33. The van der Waals surface area contributed by atoms with E-state index in [0.29, 0.717) is 5.92 Å². The number of nitrogens with one attached hydrogen (secondary N) is 1. The summed E-state index contributed by atoms with van der Waals surface area (Å²) < 4.78 is 6.14. The summed E-state index contributed by atoms with van der Waals surface area (Å²) in [6.45, 7) is 3.04. The van der Waals surface area contributed by atoms with Crippen LogP contribution in [0, 0.1) is 5.92 Å². The molecule has 2 heteroatoms. The Labute approximate surface area is 119 Å². The van der Waals surface area contributed by atoms with Gasteiger partial charge in [-0.15, -0.1) is 0 Å². The normalized spacial score (nSPS) is 24.4. The monoisotopic (exact) mass is 265 g/mol. The molecule has 2 aliphatic heterocycles. The van der Waals surface area contributed by atoms with Gasteiger partial charge in [-0.3, -0.25) is 0 Å². The molecule has 1 fully saturated rings. The Balaban J connectivity index is 1.85. The lowest BCUT2D eigenvalue weighted by Gasteiger charge is -2.18. The minimum Gasteiger partial charge on any atom is -0.493 e. The van der Waals surface area contributed by atoms with Gasteiger partial charge in [0.1, 0.15) is 5.75 Å². The molecule has 0 bridgehead atoms. The Morgan fingerprint density at radius 3 is 2.75 bits per heavy atom. The van der Waals surface area contributed by atoms with Crippen molar-refractivity contribution in [1.82, 2.24) is 5.32 Å². The van der Waals surface area contributed by atoms with Crippen LogP contribution in [-0.2, 0) is 0 Å². The molecule has 1 saturated heterocycles. The summed E-state index contributed by atoms with van der Waals surface area (Å²) in [5.74, 6) is 2.44. The molecular formula is C18H19NO. The zero-order chi connectivity index (χ0) is 13.4. The van der Waals surface area contributed by atoms with E-state index in [9.17, 15) is 0 Å². The summed E-state index contributed by atoms with van der Waals surface area (Å²) in [7, 11) is 0. The molecule has 2 aromatic carbocycles. The maximum absolute atomic E-state index is 6.14. The fraction of sp³-hybridized carbons (Fsp3) is 0.333. The van der Waals surface area contributed by atoms with Crippen molar-refractivity contribution >= 4 is 0 Å². The SMILES string of the molecule is c1ccc(-c2cccc3c2OCCC2CNCC32)cc1. The molecule has 2 unspecified atom stereocenters. The van der Waals surface area contributed by atoms with Crippen molar-refractivity contribution in [1.29, 1.82) is 0 Å². The van der Waals surface area contributed by atoms with Crippen molar-refractivity contribution in [3.8, 4) is 16.9 Å². The van der Waals surface area contributed by atoms with Crippen LogP contribution in [0.2, 0.25) is 0 Å². The zero-order valence-corrected chi connectivity index (χ0v) is 11.5. The van der Waals surface area contributed by atoms with E-state index in [1.807, 2.05) is 0 Å². The van der Waals surface area contributed by atoms with E-state index in [1.54, 1.807) is 0 Å². The van der Waals surface area contributed by atoms with Gasteiger partial charge in [0.25, 0.3) is 0 Å². The topological polar surface area (TPSA) is 21.3 Å². The Morgan fingerprint density at radius 2 is 1.85 bits per heavy atom. The van der Waals surface area contributed by atoms with Crippen molar-refractivity contribution in [2.45, 2.75) is 12.3 Å². The van der Waals surface area contributed by atoms with Crippen molar-refractivity contribution in [3.05, 3.63) is 54.1 Å². The van der Waals surface area contributed by atoms with Crippen molar-refractivity contribution in [3.63, 3.8) is 0 Å². The van der Waals surface area contributed by atoms with E-state index in [1.165, 1.54) is 16.7 Å². The van der Waals surface area contributed by atoms with Crippen LogP contribution in [0.4, 0.5) is 0 Å². The molecular weight excluding hydrogens is 246 g/mol. The third-order valence-electron chi connectivity index (χ3n) is 4.60. The van der Waals surface area contributed by atoms with Gasteiger partial charge in [-0.25, -0.2) is 0 Å². The van der Waals surface area contributed by atoms with Crippen LogP contribution in [0.15, 0.2) is 48.5 Å². The number of ether oxygens (including phenoxy) is 1. The fourth-order valence-electron chi connectivity index (χ4n) is 3.57. The van der Waals surface area contributed by atoms with Crippen molar-refractivity contribution in [2.75, 3.05) is 19.7 Å². The summed E-state index contributed by atoms with van der Waals surface area (Å²) in [5, 5.41) is 3.54. The second-order valence-electron chi connectivity index (χ2n) is 5.75. The van der Waals surface area contributed by atoms with Gasteiger partial charge >= 0.3 is 0 Å². The molecule has 0 radical (unpaired) electrons. The Kier molecular flexibility index (Phi) is 2.96. The molecule has 0 spiro atoms. The summed E-state index contributed by atoms with van der Waals surface area (Å²) >= 11 is 0. The smallest absolute Gasteiger partial charge is 0.130 e. The van der Waals surface area contributed by atoms with Gasteiger partial charge in [-0.05, 0) is 30.0 Å². The molecule has 0 amide bonds. The van der Waals surface area contributed by atoms with E-state index < -0.39 is 0 Å². The van der Waals surface area contributed by atoms with Gasteiger partial charge in [-0.2, -0.15) is 0 Å². The molecule has 2 aromatic rings. The lowest BCUT2D eigenvalue weighted by atomic mass is 9.86. The van der Waals surface area contributed by atoms with E-state index in [0.717, 1.165) is 37.8 Å². The largest absolute Gasteiger partial charge is 0.493 e. The highest BCUT2D eigenvalue weighted by atomic mass is 16.5. The first-order valence-electron chi connectivity index (χ1n) is 7.45. The lowest BCUT2D eigenvalue weighted by molar-refractivity contribution is 0.297. The van der Waals surface area contributed by atoms with Crippen LogP contribution < -0.4 is 10.1 Å². The number of rotatable bonds is 1. The average Bonchev–Trinajstić information content (AvgIpc) is 2.90. The van der Waals surface area contributed by atoms with E-state index in [4.69, 9.17) is 4.74 Å². The van der Waals surface area contributed by atoms with Crippen LogP contribution in [0.25, 0.3) is 11.1 Å². The van der Waals surface area contributed by atoms with Crippen molar-refractivity contribution < 1.29 is 4.74 Å². The summed E-state index contributed by atoms with van der Waals surface area (Å²) in [6, 6.07) is 17.2. The van der Waals surface area contributed by atoms with Gasteiger partial charge < -0.3 is 10.1 Å². The van der Waals surface area contributed by atoms with Crippen LogP contribution in [-0.4, -0.2) is 19.7 Å². The summed E-state index contributed by atoms with van der Waals surface area (Å²) in [6.07, 6.45) is 1.15. The van der Waals surface area contributed by atoms with Gasteiger partial charge in [0.05, 0.1) is 6.61 Å². The zero-order valence-electron chi connectivity index (χ0n) is 11.5.